The fraction of sp³-hybridized carbons (Fsp3) is 0.0667. The largest absolute Gasteiger partial charge is 0.478 e. The molecule has 0 heterocycles. The number of halogens is 2. The molecular formula is C15H10Cl2O4. The summed E-state index contributed by atoms with van der Waals surface area (Å²) < 4.78 is 4.66. The molecule has 0 unspecified atom stereocenters. The molecule has 0 amide bonds. The summed E-state index contributed by atoms with van der Waals surface area (Å²) in [6.45, 7) is 0. The molecular weight excluding hydrogens is 315 g/mol. The van der Waals surface area contributed by atoms with Gasteiger partial charge in [0.25, 0.3) is 0 Å². The van der Waals surface area contributed by atoms with Crippen LogP contribution in [0.4, 0.5) is 0 Å². The van der Waals surface area contributed by atoms with Gasteiger partial charge in [-0.25, -0.2) is 9.59 Å². The van der Waals surface area contributed by atoms with Gasteiger partial charge in [-0.2, -0.15) is 0 Å². The highest BCUT2D eigenvalue weighted by Gasteiger charge is 2.13. The van der Waals surface area contributed by atoms with Crippen molar-refractivity contribution in [2.75, 3.05) is 7.11 Å². The normalized spacial score (nSPS) is 10.2. The minimum Gasteiger partial charge on any atom is -0.478 e. The molecule has 0 bridgehead atoms. The predicted molar refractivity (Wildman–Crippen MR) is 80.2 cm³/mol. The van der Waals surface area contributed by atoms with Gasteiger partial charge in [0.1, 0.15) is 0 Å². The minimum atomic E-state index is -1.11. The molecule has 0 aliphatic heterocycles. The number of carbonyl (C=O) groups excluding carboxylic acids is 1. The van der Waals surface area contributed by atoms with Crippen LogP contribution >= 0.6 is 23.2 Å². The average molecular weight is 325 g/mol. The standard InChI is InChI=1S/C15H10Cl2O4/c1-21-15(20)9-3-5-12(16)11(6-9)8-2-4-10(14(18)19)13(17)7-8/h2-7H,1H3,(H,18,19). The van der Waals surface area contributed by atoms with E-state index in [9.17, 15) is 9.59 Å². The molecule has 4 nitrogen and oxygen atoms in total. The maximum absolute atomic E-state index is 11.5. The molecule has 21 heavy (non-hydrogen) atoms. The van der Waals surface area contributed by atoms with Gasteiger partial charge in [0.05, 0.1) is 23.3 Å². The monoisotopic (exact) mass is 324 g/mol. The first kappa shape index (κ1) is 15.4. The number of rotatable bonds is 3. The van der Waals surface area contributed by atoms with Crippen molar-refractivity contribution in [3.8, 4) is 11.1 Å². The lowest BCUT2D eigenvalue weighted by atomic mass is 10.0. The lowest BCUT2D eigenvalue weighted by Gasteiger charge is -2.08. The van der Waals surface area contributed by atoms with Crippen LogP contribution in [0, 0.1) is 0 Å². The van der Waals surface area contributed by atoms with Crippen LogP contribution in [-0.4, -0.2) is 24.2 Å². The van der Waals surface area contributed by atoms with Crippen LogP contribution in [0.5, 0.6) is 0 Å². The third-order valence-corrected chi connectivity index (χ3v) is 3.54. The quantitative estimate of drug-likeness (QED) is 0.861. The Morgan fingerprint density at radius 3 is 2.33 bits per heavy atom. The molecule has 0 aliphatic rings. The van der Waals surface area contributed by atoms with Gasteiger partial charge in [-0.05, 0) is 35.9 Å². The van der Waals surface area contributed by atoms with E-state index in [1.54, 1.807) is 24.3 Å². The molecule has 2 rings (SSSR count). The maximum atomic E-state index is 11.5. The molecule has 0 aromatic heterocycles. The first-order valence-electron chi connectivity index (χ1n) is 5.85. The molecule has 108 valence electrons. The lowest BCUT2D eigenvalue weighted by molar-refractivity contribution is 0.0600. The first-order valence-corrected chi connectivity index (χ1v) is 6.60. The Kier molecular flexibility index (Phi) is 4.50. The van der Waals surface area contributed by atoms with Crippen molar-refractivity contribution < 1.29 is 19.4 Å². The van der Waals surface area contributed by atoms with Crippen molar-refractivity contribution in [3.05, 3.63) is 57.6 Å². The van der Waals surface area contributed by atoms with E-state index in [2.05, 4.69) is 4.74 Å². The summed E-state index contributed by atoms with van der Waals surface area (Å²) in [6, 6.07) is 9.15. The van der Waals surface area contributed by atoms with Crippen LogP contribution in [0.1, 0.15) is 20.7 Å². The zero-order chi connectivity index (χ0) is 15.6. The van der Waals surface area contributed by atoms with Crippen molar-refractivity contribution in [2.45, 2.75) is 0 Å². The van der Waals surface area contributed by atoms with E-state index in [-0.39, 0.29) is 10.6 Å². The topological polar surface area (TPSA) is 63.6 Å². The number of aromatic carboxylic acids is 1. The number of carboxylic acids is 1. The second-order valence-electron chi connectivity index (χ2n) is 4.19. The van der Waals surface area contributed by atoms with Crippen molar-refractivity contribution in [2.24, 2.45) is 0 Å². The number of ether oxygens (including phenoxy) is 1. The zero-order valence-corrected chi connectivity index (χ0v) is 12.4. The third-order valence-electron chi connectivity index (χ3n) is 2.90. The van der Waals surface area contributed by atoms with Crippen LogP contribution in [-0.2, 0) is 4.74 Å². The van der Waals surface area contributed by atoms with E-state index in [4.69, 9.17) is 28.3 Å². The number of hydrogen-bond donors (Lipinski definition) is 1. The number of hydrogen-bond acceptors (Lipinski definition) is 3. The molecule has 0 spiro atoms. The second kappa shape index (κ2) is 6.16. The lowest BCUT2D eigenvalue weighted by Crippen LogP contribution is -2.01. The number of benzene rings is 2. The van der Waals surface area contributed by atoms with Gasteiger partial charge in [-0.1, -0.05) is 29.3 Å². The second-order valence-corrected chi connectivity index (χ2v) is 5.00. The molecule has 1 N–H and O–H groups in total. The summed E-state index contributed by atoms with van der Waals surface area (Å²) in [6.07, 6.45) is 0. The Morgan fingerprint density at radius 1 is 1.05 bits per heavy atom. The van der Waals surface area contributed by atoms with Crippen LogP contribution in [0.15, 0.2) is 36.4 Å². The number of methoxy groups -OCH3 is 1. The van der Waals surface area contributed by atoms with Crippen LogP contribution in [0.2, 0.25) is 10.0 Å². The van der Waals surface area contributed by atoms with Gasteiger partial charge in [0.15, 0.2) is 0 Å². The van der Waals surface area contributed by atoms with Crippen LogP contribution < -0.4 is 0 Å². The van der Waals surface area contributed by atoms with Crippen molar-refractivity contribution in [1.29, 1.82) is 0 Å². The van der Waals surface area contributed by atoms with Gasteiger partial charge in [0.2, 0.25) is 0 Å². The summed E-state index contributed by atoms with van der Waals surface area (Å²) in [4.78, 5) is 22.5. The van der Waals surface area contributed by atoms with E-state index in [1.165, 1.54) is 19.2 Å². The molecule has 6 heteroatoms. The fourth-order valence-corrected chi connectivity index (χ4v) is 2.34. The highest BCUT2D eigenvalue weighted by atomic mass is 35.5. The maximum Gasteiger partial charge on any atom is 0.337 e. The Labute approximate surface area is 130 Å². The highest BCUT2D eigenvalue weighted by molar-refractivity contribution is 6.35. The van der Waals surface area contributed by atoms with Gasteiger partial charge in [-0.3, -0.25) is 0 Å². The zero-order valence-electron chi connectivity index (χ0n) is 10.9. The van der Waals surface area contributed by atoms with Crippen molar-refractivity contribution >= 4 is 35.1 Å². The summed E-state index contributed by atoms with van der Waals surface area (Å²) in [7, 11) is 1.29. The minimum absolute atomic E-state index is 0.000613. The summed E-state index contributed by atoms with van der Waals surface area (Å²) >= 11 is 12.1. The number of carboxylic acid groups (broad SMARTS) is 1. The molecule has 0 fully saturated rings. The Balaban J connectivity index is 2.53. The summed E-state index contributed by atoms with van der Waals surface area (Å²) in [5.74, 6) is -1.60. The predicted octanol–water partition coefficient (Wildman–Crippen LogP) is 4.15. The SMILES string of the molecule is COC(=O)c1ccc(Cl)c(-c2ccc(C(=O)O)c(Cl)c2)c1. The number of carbonyl (C=O) groups is 2. The summed E-state index contributed by atoms with van der Waals surface area (Å²) in [5.41, 5.74) is 1.52. The molecule has 0 atom stereocenters. The highest BCUT2D eigenvalue weighted by Crippen LogP contribution is 2.32. The van der Waals surface area contributed by atoms with E-state index < -0.39 is 11.9 Å². The van der Waals surface area contributed by atoms with Crippen LogP contribution in [0.25, 0.3) is 11.1 Å². The Hall–Kier alpha value is -2.04. The van der Waals surface area contributed by atoms with Gasteiger partial charge in [-0.15, -0.1) is 0 Å². The Morgan fingerprint density at radius 2 is 1.76 bits per heavy atom. The average Bonchev–Trinajstić information content (AvgIpc) is 2.46. The van der Waals surface area contributed by atoms with E-state index in [0.717, 1.165) is 0 Å². The molecule has 0 saturated heterocycles. The van der Waals surface area contributed by atoms with Gasteiger partial charge < -0.3 is 9.84 Å². The molecule has 2 aromatic carbocycles. The van der Waals surface area contributed by atoms with Gasteiger partial charge in [0, 0.05) is 10.6 Å². The van der Waals surface area contributed by atoms with Crippen molar-refractivity contribution in [1.82, 2.24) is 0 Å². The Bertz CT molecular complexity index is 726. The molecule has 0 aliphatic carbocycles. The fourth-order valence-electron chi connectivity index (χ4n) is 1.85. The van der Waals surface area contributed by atoms with Crippen molar-refractivity contribution in [3.63, 3.8) is 0 Å². The molecule has 2 aromatic rings. The van der Waals surface area contributed by atoms with E-state index in [0.29, 0.717) is 21.7 Å². The smallest absolute Gasteiger partial charge is 0.337 e. The summed E-state index contributed by atoms with van der Waals surface area (Å²) in [5, 5.41) is 9.47. The van der Waals surface area contributed by atoms with Gasteiger partial charge >= 0.3 is 11.9 Å². The first-order chi connectivity index (χ1) is 9.93. The third kappa shape index (κ3) is 3.17. The van der Waals surface area contributed by atoms with E-state index >= 15 is 0 Å². The molecule has 0 saturated carbocycles. The van der Waals surface area contributed by atoms with Crippen LogP contribution in [0.3, 0.4) is 0 Å². The molecule has 0 radical (unpaired) electrons. The number of esters is 1. The van der Waals surface area contributed by atoms with E-state index in [1.807, 2.05) is 0 Å².